The number of fused-ring (bicyclic) bond motifs is 4. The fourth-order valence-electron chi connectivity index (χ4n) is 6.57. The molecule has 206 valence electrons. The maximum atomic E-state index is 14.1. The lowest BCUT2D eigenvalue weighted by Gasteiger charge is -2.41. The smallest absolute Gasteiger partial charge is 0.195 e. The number of anilines is 1. The third-order valence-corrected chi connectivity index (χ3v) is 9.65. The third-order valence-electron chi connectivity index (χ3n) is 8.77. The number of carbonyl (C=O) groups is 1. The number of aromatic nitrogens is 1. The fraction of sp³-hybridized carbons (Fsp3) is 0.455. The van der Waals surface area contributed by atoms with Gasteiger partial charge in [-0.05, 0) is 42.7 Å². The zero-order valence-corrected chi connectivity index (χ0v) is 25.3. The largest absolute Gasteiger partial charge is 0.379 e. The number of rotatable bonds is 2. The Labute approximate surface area is 238 Å². The maximum absolute atomic E-state index is 14.1. The molecule has 1 aliphatic carbocycles. The van der Waals surface area contributed by atoms with E-state index in [-0.39, 0.29) is 5.78 Å². The summed E-state index contributed by atoms with van der Waals surface area (Å²) in [5, 5.41) is 10.3. The van der Waals surface area contributed by atoms with Crippen LogP contribution in [0.5, 0.6) is 0 Å². The molecule has 0 radical (unpaired) electrons. The van der Waals surface area contributed by atoms with Crippen LogP contribution in [0, 0.1) is 22.8 Å². The van der Waals surface area contributed by atoms with Crippen molar-refractivity contribution in [2.75, 3.05) is 44.3 Å². The summed E-state index contributed by atoms with van der Waals surface area (Å²) >= 11 is 0. The fourth-order valence-corrected chi connectivity index (χ4v) is 7.07. The first-order valence-corrected chi connectivity index (χ1v) is 18.0. The molecule has 3 aromatic rings. The van der Waals surface area contributed by atoms with Gasteiger partial charge in [0.15, 0.2) is 5.78 Å². The number of aromatic amines is 1. The first kappa shape index (κ1) is 26.8. The number of morpholine rings is 1. The molecular formula is C33H38N4O2Si. The number of hydrogen-bond acceptors (Lipinski definition) is 5. The number of nitriles is 1. The minimum Gasteiger partial charge on any atom is -0.379 e. The average Bonchev–Trinajstić information content (AvgIpc) is 3.35. The van der Waals surface area contributed by atoms with Gasteiger partial charge in [0.1, 0.15) is 8.07 Å². The first-order valence-electron chi connectivity index (χ1n) is 14.5. The van der Waals surface area contributed by atoms with Crippen LogP contribution in [0.25, 0.3) is 10.9 Å². The molecule has 3 aliphatic rings. The van der Waals surface area contributed by atoms with Crippen LogP contribution in [0.4, 0.5) is 5.69 Å². The van der Waals surface area contributed by atoms with Crippen LogP contribution in [-0.2, 0) is 10.2 Å². The second-order valence-corrected chi connectivity index (χ2v) is 17.7. The predicted octanol–water partition coefficient (Wildman–Crippen LogP) is 5.44. The standard InChI is InChI=1S/C33H38N4O2Si/c1-33(2)27-20-29(37-11-8-24(9-12-37)36-13-15-39-16-14-36)23(10-17-40(3,4)5)19-26(27)31(38)30-25-7-6-22(21-34)18-28(25)35-32(30)33/h6-7,18-20,24,35H,8-9,11-16H2,1-5H3. The summed E-state index contributed by atoms with van der Waals surface area (Å²) in [4.78, 5) is 22.7. The van der Waals surface area contributed by atoms with Gasteiger partial charge in [0.25, 0.3) is 0 Å². The molecule has 0 amide bonds. The molecule has 0 unspecified atom stereocenters. The van der Waals surface area contributed by atoms with Crippen LogP contribution in [-0.4, -0.2) is 69.2 Å². The van der Waals surface area contributed by atoms with E-state index in [0.29, 0.717) is 11.6 Å². The molecule has 1 aromatic heterocycles. The van der Waals surface area contributed by atoms with E-state index in [1.165, 1.54) is 0 Å². The van der Waals surface area contributed by atoms with Gasteiger partial charge in [0.2, 0.25) is 0 Å². The molecule has 2 saturated heterocycles. The van der Waals surface area contributed by atoms with Crippen molar-refractivity contribution in [1.29, 1.82) is 5.26 Å². The van der Waals surface area contributed by atoms with Crippen LogP contribution in [0.15, 0.2) is 30.3 Å². The van der Waals surface area contributed by atoms with Gasteiger partial charge >= 0.3 is 0 Å². The number of H-pyrrole nitrogens is 1. The molecule has 2 aliphatic heterocycles. The number of nitrogens with one attached hydrogen (secondary N) is 1. The molecular weight excluding hydrogens is 512 g/mol. The molecule has 1 N–H and O–H groups in total. The highest BCUT2D eigenvalue weighted by molar-refractivity contribution is 6.83. The lowest BCUT2D eigenvalue weighted by molar-refractivity contribution is 0.0115. The Kier molecular flexibility index (Phi) is 6.66. The van der Waals surface area contributed by atoms with Crippen LogP contribution in [0.2, 0.25) is 19.6 Å². The van der Waals surface area contributed by atoms with Gasteiger partial charge in [0, 0.05) is 65.4 Å². The van der Waals surface area contributed by atoms with E-state index in [1.54, 1.807) is 6.07 Å². The molecule has 6 rings (SSSR count). The van der Waals surface area contributed by atoms with Gasteiger partial charge in [-0.25, -0.2) is 0 Å². The molecule has 3 heterocycles. The molecule has 6 nitrogen and oxygen atoms in total. The number of nitrogens with zero attached hydrogens (tertiary/aromatic N) is 3. The topological polar surface area (TPSA) is 72.4 Å². The zero-order valence-electron chi connectivity index (χ0n) is 24.3. The van der Waals surface area contributed by atoms with Crippen LogP contribution < -0.4 is 4.90 Å². The zero-order chi connectivity index (χ0) is 28.2. The summed E-state index contributed by atoms with van der Waals surface area (Å²) in [5.74, 6) is 3.58. The monoisotopic (exact) mass is 550 g/mol. The van der Waals surface area contributed by atoms with E-state index < -0.39 is 13.5 Å². The van der Waals surface area contributed by atoms with E-state index >= 15 is 0 Å². The Morgan fingerprint density at radius 2 is 1.77 bits per heavy atom. The van der Waals surface area contributed by atoms with Crippen molar-refractivity contribution in [3.63, 3.8) is 0 Å². The lowest BCUT2D eigenvalue weighted by atomic mass is 9.70. The number of carbonyl (C=O) groups excluding carboxylic acids is 1. The average molecular weight is 551 g/mol. The van der Waals surface area contributed by atoms with Crippen molar-refractivity contribution in [3.8, 4) is 17.5 Å². The van der Waals surface area contributed by atoms with E-state index in [2.05, 4.69) is 77.9 Å². The van der Waals surface area contributed by atoms with Gasteiger partial charge < -0.3 is 14.6 Å². The Morgan fingerprint density at radius 3 is 2.45 bits per heavy atom. The molecule has 0 bridgehead atoms. The van der Waals surface area contributed by atoms with Crippen molar-refractivity contribution in [2.24, 2.45) is 0 Å². The quantitative estimate of drug-likeness (QED) is 0.340. The SMILES string of the molecule is CC1(C)c2cc(N3CCC(N4CCOCC4)CC3)c(C#C[Si](C)(C)C)cc2C(=O)c2c1[nH]c1cc(C#N)ccc21. The highest BCUT2D eigenvalue weighted by Gasteiger charge is 2.41. The molecule has 2 fully saturated rings. The first-order chi connectivity index (χ1) is 19.1. The van der Waals surface area contributed by atoms with Gasteiger partial charge in [-0.2, -0.15) is 5.26 Å². The number of ether oxygens (including phenoxy) is 1. The molecule has 0 spiro atoms. The molecule has 0 saturated carbocycles. The van der Waals surface area contributed by atoms with Crippen molar-refractivity contribution in [1.82, 2.24) is 9.88 Å². The molecule has 7 heteroatoms. The normalized spacial score (nSPS) is 19.5. The molecule has 2 aromatic carbocycles. The van der Waals surface area contributed by atoms with E-state index in [9.17, 15) is 10.1 Å². The minimum atomic E-state index is -1.63. The maximum Gasteiger partial charge on any atom is 0.195 e. The van der Waals surface area contributed by atoms with Crippen molar-refractivity contribution >= 4 is 30.4 Å². The number of ketones is 1. The highest BCUT2D eigenvalue weighted by atomic mass is 28.3. The summed E-state index contributed by atoms with van der Waals surface area (Å²) in [7, 11) is -1.63. The second kappa shape index (κ2) is 9.92. The van der Waals surface area contributed by atoms with Crippen molar-refractivity contribution in [3.05, 3.63) is 63.8 Å². The molecule has 0 atom stereocenters. The van der Waals surface area contributed by atoms with Crippen molar-refractivity contribution in [2.45, 2.75) is 57.8 Å². The Bertz CT molecular complexity index is 1600. The van der Waals surface area contributed by atoms with Crippen LogP contribution in [0.3, 0.4) is 0 Å². The summed E-state index contributed by atoms with van der Waals surface area (Å²) in [6.07, 6.45) is 2.24. The van der Waals surface area contributed by atoms with E-state index in [1.807, 2.05) is 12.1 Å². The third kappa shape index (κ3) is 4.67. The van der Waals surface area contributed by atoms with Gasteiger partial charge in [-0.3, -0.25) is 9.69 Å². The second-order valence-electron chi connectivity index (χ2n) is 13.0. The highest BCUT2D eigenvalue weighted by Crippen LogP contribution is 2.46. The number of hydrogen-bond donors (Lipinski definition) is 1. The predicted molar refractivity (Wildman–Crippen MR) is 163 cm³/mol. The van der Waals surface area contributed by atoms with Gasteiger partial charge in [0.05, 0.1) is 36.1 Å². The van der Waals surface area contributed by atoms with Crippen LogP contribution >= 0.6 is 0 Å². The van der Waals surface area contributed by atoms with Crippen molar-refractivity contribution < 1.29 is 9.53 Å². The summed E-state index contributed by atoms with van der Waals surface area (Å²) in [6, 6.07) is 12.7. The minimum absolute atomic E-state index is 0.0360. The summed E-state index contributed by atoms with van der Waals surface area (Å²) in [6.45, 7) is 16.8. The number of piperidine rings is 1. The summed E-state index contributed by atoms with van der Waals surface area (Å²) < 4.78 is 5.58. The molecule has 40 heavy (non-hydrogen) atoms. The van der Waals surface area contributed by atoms with Crippen LogP contribution in [0.1, 0.15) is 65.0 Å². The number of benzene rings is 2. The Morgan fingerprint density at radius 1 is 1.05 bits per heavy atom. The van der Waals surface area contributed by atoms with Gasteiger partial charge in [-0.15, -0.1) is 5.54 Å². The van der Waals surface area contributed by atoms with E-state index in [0.717, 1.165) is 96.8 Å². The summed E-state index contributed by atoms with van der Waals surface area (Å²) in [5.41, 5.74) is 10.1. The Hall–Kier alpha value is -3.36. The van der Waals surface area contributed by atoms with E-state index in [4.69, 9.17) is 4.74 Å². The van der Waals surface area contributed by atoms with Gasteiger partial charge in [-0.1, -0.05) is 45.5 Å². The Balaban J connectivity index is 1.43. The lowest BCUT2D eigenvalue weighted by Crippen LogP contribution is -2.49.